The molecule has 22 heavy (non-hydrogen) atoms. The van der Waals surface area contributed by atoms with Crippen molar-refractivity contribution in [1.29, 1.82) is 0 Å². The first-order valence-electron chi connectivity index (χ1n) is 8.43. The van der Waals surface area contributed by atoms with E-state index in [0.29, 0.717) is 0 Å². The van der Waals surface area contributed by atoms with E-state index in [4.69, 9.17) is 0 Å². The lowest BCUT2D eigenvalue weighted by Gasteiger charge is -2.07. The van der Waals surface area contributed by atoms with Crippen molar-refractivity contribution >= 4 is 0 Å². The van der Waals surface area contributed by atoms with Gasteiger partial charge in [-0.05, 0) is 24.0 Å². The van der Waals surface area contributed by atoms with Crippen molar-refractivity contribution in [2.45, 2.75) is 58.9 Å². The smallest absolute Gasteiger partial charge is 0.181 e. The Morgan fingerprint density at radius 3 is 2.27 bits per heavy atom. The number of hydrogen-bond donors (Lipinski definition) is 0. The molecule has 2 heteroatoms. The van der Waals surface area contributed by atoms with Crippen LogP contribution in [-0.4, -0.2) is 0 Å². The van der Waals surface area contributed by atoms with Gasteiger partial charge in [-0.3, -0.25) is 0 Å². The molecule has 0 radical (unpaired) electrons. The quantitative estimate of drug-likeness (QED) is 0.519. The van der Waals surface area contributed by atoms with Crippen LogP contribution in [0, 0.1) is 0 Å². The summed E-state index contributed by atoms with van der Waals surface area (Å²) in [5.74, 6) is 0. The van der Waals surface area contributed by atoms with Gasteiger partial charge in [0, 0.05) is 25.0 Å². The summed E-state index contributed by atoms with van der Waals surface area (Å²) in [4.78, 5) is 0. The fourth-order valence-electron chi connectivity index (χ4n) is 2.79. The maximum atomic E-state index is 2.45. The summed E-state index contributed by atoms with van der Waals surface area (Å²) in [7, 11) is 0. The monoisotopic (exact) mass is 317 g/mol. The zero-order chi connectivity index (χ0) is 14.9. The van der Waals surface area contributed by atoms with E-state index in [1.807, 2.05) is 0 Å². The summed E-state index contributed by atoms with van der Waals surface area (Å²) < 4.78 is 2.45. The van der Waals surface area contributed by atoms with Crippen molar-refractivity contribution < 1.29 is 17.0 Å². The molecule has 0 aliphatic carbocycles. The van der Waals surface area contributed by atoms with Gasteiger partial charge in [-0.15, -0.1) is 0 Å². The van der Waals surface area contributed by atoms with Crippen molar-refractivity contribution in [1.82, 2.24) is 0 Å². The highest BCUT2D eigenvalue weighted by atomic mass is 35.5. The molecular weight excluding hydrogens is 290 g/mol. The fraction of sp³-hybridized carbons (Fsp3) is 0.450. The second-order valence-corrected chi connectivity index (χ2v) is 5.78. The average Bonchev–Trinajstić information content (AvgIpc) is 2.54. The van der Waals surface area contributed by atoms with E-state index >= 15 is 0 Å². The number of unbranched alkanes of at least 4 members (excludes halogenated alkanes) is 3. The molecule has 1 nitrogen and oxygen atoms in total. The van der Waals surface area contributed by atoms with Gasteiger partial charge in [-0.2, -0.15) is 0 Å². The topological polar surface area (TPSA) is 3.88 Å². The highest BCUT2D eigenvalue weighted by Gasteiger charge is 2.11. The number of aryl methyl sites for hydroxylation is 2. The van der Waals surface area contributed by atoms with Gasteiger partial charge in [0.05, 0.1) is 0 Å². The molecule has 120 valence electrons. The molecule has 1 aromatic carbocycles. The predicted octanol–water partition coefficient (Wildman–Crippen LogP) is 2.18. The van der Waals surface area contributed by atoms with Crippen LogP contribution in [0.5, 0.6) is 0 Å². The average molecular weight is 318 g/mol. The Balaban J connectivity index is 0.00000242. The molecule has 0 saturated carbocycles. The second kappa shape index (κ2) is 10.4. The van der Waals surface area contributed by atoms with E-state index < -0.39 is 0 Å². The summed E-state index contributed by atoms with van der Waals surface area (Å²) >= 11 is 0. The summed E-state index contributed by atoms with van der Waals surface area (Å²) in [5.41, 5.74) is 4.12. The highest BCUT2D eigenvalue weighted by Crippen LogP contribution is 2.19. The standard InChI is InChI=1S/C20H28N.ClH/c1-3-5-6-10-15-21-16-14-19(17-20(21)11-4-2)18-12-8-7-9-13-18;/h7-9,12-14,16-17H,3-6,10-11,15H2,1-2H3;1H/q+1;/p-1. The molecule has 2 rings (SSSR count). The molecule has 0 saturated heterocycles. The molecule has 0 atom stereocenters. The van der Waals surface area contributed by atoms with Crippen LogP contribution < -0.4 is 17.0 Å². The van der Waals surface area contributed by atoms with Crippen LogP contribution in [0.25, 0.3) is 11.1 Å². The van der Waals surface area contributed by atoms with Crippen LogP contribution in [0.3, 0.4) is 0 Å². The SMILES string of the molecule is CCCCCC[n+]1ccc(-c2ccccc2)cc1CCC.[Cl-]. The number of hydrogen-bond acceptors (Lipinski definition) is 0. The van der Waals surface area contributed by atoms with Crippen LogP contribution in [0.2, 0.25) is 0 Å². The third kappa shape index (κ3) is 5.46. The molecule has 0 bridgehead atoms. The van der Waals surface area contributed by atoms with Gasteiger partial charge in [-0.25, -0.2) is 4.57 Å². The van der Waals surface area contributed by atoms with Crippen LogP contribution >= 0.6 is 0 Å². The fourth-order valence-corrected chi connectivity index (χ4v) is 2.79. The lowest BCUT2D eigenvalue weighted by molar-refractivity contribution is -0.704. The van der Waals surface area contributed by atoms with Crippen molar-refractivity contribution in [2.75, 3.05) is 0 Å². The van der Waals surface area contributed by atoms with Crippen molar-refractivity contribution in [2.24, 2.45) is 0 Å². The van der Waals surface area contributed by atoms with Gasteiger partial charge in [-0.1, -0.05) is 57.0 Å². The molecule has 0 spiro atoms. The molecule has 2 aromatic rings. The number of pyridine rings is 1. The Morgan fingerprint density at radius 2 is 1.59 bits per heavy atom. The Kier molecular flexibility index (Phi) is 8.84. The lowest BCUT2D eigenvalue weighted by atomic mass is 10.0. The van der Waals surface area contributed by atoms with Gasteiger partial charge in [0.25, 0.3) is 0 Å². The van der Waals surface area contributed by atoms with Crippen LogP contribution in [0.15, 0.2) is 48.7 Å². The molecule has 0 N–H and O–H groups in total. The summed E-state index contributed by atoms with van der Waals surface area (Å²) in [6.07, 6.45) is 9.93. The van der Waals surface area contributed by atoms with E-state index in [2.05, 4.69) is 67.1 Å². The number of rotatable bonds is 8. The lowest BCUT2D eigenvalue weighted by Crippen LogP contribution is -3.00. The summed E-state index contributed by atoms with van der Waals surface area (Å²) in [5, 5.41) is 0. The zero-order valence-electron chi connectivity index (χ0n) is 13.9. The molecule has 0 aliphatic heterocycles. The first-order chi connectivity index (χ1) is 10.3. The van der Waals surface area contributed by atoms with Gasteiger partial charge in [0.15, 0.2) is 11.9 Å². The first kappa shape index (κ1) is 18.7. The maximum absolute atomic E-state index is 2.45. The van der Waals surface area contributed by atoms with E-state index in [1.165, 1.54) is 48.9 Å². The minimum Gasteiger partial charge on any atom is -1.00 e. The van der Waals surface area contributed by atoms with Crippen LogP contribution in [-0.2, 0) is 13.0 Å². The second-order valence-electron chi connectivity index (χ2n) is 5.78. The van der Waals surface area contributed by atoms with Gasteiger partial charge in [0.2, 0.25) is 0 Å². The van der Waals surface area contributed by atoms with Crippen molar-refractivity contribution in [3.05, 3.63) is 54.4 Å². The summed E-state index contributed by atoms with van der Waals surface area (Å²) in [6.45, 7) is 5.69. The Labute approximate surface area is 141 Å². The molecule has 1 heterocycles. The molecule has 1 aromatic heterocycles. The van der Waals surface area contributed by atoms with Crippen molar-refractivity contribution in [3.8, 4) is 11.1 Å². The van der Waals surface area contributed by atoms with Crippen LogP contribution in [0.4, 0.5) is 0 Å². The summed E-state index contributed by atoms with van der Waals surface area (Å²) in [6, 6.07) is 15.3. The Bertz CT molecular complexity index is 537. The molecule has 0 aliphatic rings. The number of aromatic nitrogens is 1. The molecule has 0 unspecified atom stereocenters. The number of halogens is 1. The normalized spacial score (nSPS) is 10.3. The number of benzene rings is 1. The largest absolute Gasteiger partial charge is 1.00 e. The van der Waals surface area contributed by atoms with E-state index in [9.17, 15) is 0 Å². The predicted molar refractivity (Wildman–Crippen MR) is 90.2 cm³/mol. The molecule has 0 fully saturated rings. The molecular formula is C20H28ClN. The highest BCUT2D eigenvalue weighted by molar-refractivity contribution is 5.62. The van der Waals surface area contributed by atoms with E-state index in [0.717, 1.165) is 13.0 Å². The zero-order valence-corrected chi connectivity index (χ0v) is 14.6. The Hall–Kier alpha value is -1.34. The van der Waals surface area contributed by atoms with Gasteiger partial charge >= 0.3 is 0 Å². The van der Waals surface area contributed by atoms with E-state index in [-0.39, 0.29) is 12.4 Å². The first-order valence-corrected chi connectivity index (χ1v) is 8.43. The van der Waals surface area contributed by atoms with Gasteiger partial charge in [0.1, 0.15) is 6.54 Å². The van der Waals surface area contributed by atoms with Crippen molar-refractivity contribution in [3.63, 3.8) is 0 Å². The maximum Gasteiger partial charge on any atom is 0.181 e. The Morgan fingerprint density at radius 1 is 0.818 bits per heavy atom. The van der Waals surface area contributed by atoms with Gasteiger partial charge < -0.3 is 12.4 Å². The van der Waals surface area contributed by atoms with E-state index in [1.54, 1.807) is 0 Å². The minimum atomic E-state index is 0. The third-order valence-corrected chi connectivity index (χ3v) is 3.99. The molecule has 0 amide bonds. The number of nitrogens with zero attached hydrogens (tertiary/aromatic N) is 1. The third-order valence-electron chi connectivity index (χ3n) is 3.99. The van der Waals surface area contributed by atoms with Crippen LogP contribution in [0.1, 0.15) is 51.6 Å². The minimum absolute atomic E-state index is 0.